The monoisotopic (exact) mass is 275 g/mol. The number of nitrogens with one attached hydrogen (secondary N) is 1. The van der Waals surface area contributed by atoms with Gasteiger partial charge in [0, 0.05) is 18.6 Å². The first-order valence-electron chi connectivity index (χ1n) is 7.76. The zero-order valence-corrected chi connectivity index (χ0v) is 12.8. The molecule has 2 aliphatic rings. The third-order valence-electron chi connectivity index (χ3n) is 4.58. The lowest BCUT2D eigenvalue weighted by Gasteiger charge is -2.45. The van der Waals surface area contributed by atoms with Crippen LogP contribution in [0.3, 0.4) is 0 Å². The third-order valence-corrected chi connectivity index (χ3v) is 4.58. The van der Waals surface area contributed by atoms with Gasteiger partial charge in [-0.25, -0.2) is 0 Å². The van der Waals surface area contributed by atoms with Crippen LogP contribution in [-0.4, -0.2) is 25.3 Å². The van der Waals surface area contributed by atoms with E-state index in [0.29, 0.717) is 0 Å². The fraction of sp³-hybridized carbons (Fsp3) is 0.647. The largest absolute Gasteiger partial charge is 0.487 e. The molecule has 1 aromatic rings. The molecule has 110 valence electrons. The lowest BCUT2D eigenvalue weighted by Crippen LogP contribution is -2.49. The minimum absolute atomic E-state index is 0.0294. The summed E-state index contributed by atoms with van der Waals surface area (Å²) in [5.74, 6) is 1.05. The Hall–Kier alpha value is -1.06. The summed E-state index contributed by atoms with van der Waals surface area (Å²) in [7, 11) is 0. The molecule has 0 aliphatic carbocycles. The zero-order chi connectivity index (χ0) is 14.2. The van der Waals surface area contributed by atoms with Gasteiger partial charge in [-0.3, -0.25) is 0 Å². The van der Waals surface area contributed by atoms with Gasteiger partial charge in [-0.1, -0.05) is 6.07 Å². The lowest BCUT2D eigenvalue weighted by atomic mass is 9.81. The highest BCUT2D eigenvalue weighted by molar-refractivity contribution is 5.46. The summed E-state index contributed by atoms with van der Waals surface area (Å²) in [6.45, 7) is 9.22. The van der Waals surface area contributed by atoms with E-state index in [9.17, 15) is 0 Å². The van der Waals surface area contributed by atoms with Crippen molar-refractivity contribution < 1.29 is 9.47 Å². The summed E-state index contributed by atoms with van der Waals surface area (Å²) in [6, 6.07) is 4.41. The molecule has 1 unspecified atom stereocenters. The van der Waals surface area contributed by atoms with E-state index in [0.717, 1.165) is 44.7 Å². The van der Waals surface area contributed by atoms with Gasteiger partial charge in [-0.2, -0.15) is 0 Å². The maximum absolute atomic E-state index is 6.48. The van der Waals surface area contributed by atoms with Gasteiger partial charge in [-0.15, -0.1) is 0 Å². The van der Waals surface area contributed by atoms with Crippen LogP contribution in [0.15, 0.2) is 12.1 Å². The average molecular weight is 275 g/mol. The smallest absolute Gasteiger partial charge is 0.126 e. The first-order chi connectivity index (χ1) is 9.63. The summed E-state index contributed by atoms with van der Waals surface area (Å²) >= 11 is 0. The summed E-state index contributed by atoms with van der Waals surface area (Å²) in [6.07, 6.45) is 3.31. The Balaban J connectivity index is 2.00. The molecule has 3 nitrogen and oxygen atoms in total. The molecule has 1 saturated heterocycles. The van der Waals surface area contributed by atoms with Crippen molar-refractivity contribution in [1.82, 2.24) is 5.32 Å². The molecule has 3 rings (SSSR count). The van der Waals surface area contributed by atoms with Crippen molar-refractivity contribution in [2.75, 3.05) is 19.7 Å². The molecule has 1 spiro atoms. The van der Waals surface area contributed by atoms with Crippen molar-refractivity contribution in [2.24, 2.45) is 0 Å². The van der Waals surface area contributed by atoms with Crippen LogP contribution < -0.4 is 10.1 Å². The predicted molar refractivity (Wildman–Crippen MR) is 80.4 cm³/mol. The fourth-order valence-corrected chi connectivity index (χ4v) is 3.68. The fourth-order valence-electron chi connectivity index (χ4n) is 3.68. The number of aryl methyl sites for hydroxylation is 2. The van der Waals surface area contributed by atoms with E-state index in [4.69, 9.17) is 9.47 Å². The topological polar surface area (TPSA) is 30.5 Å². The minimum Gasteiger partial charge on any atom is -0.487 e. The quantitative estimate of drug-likeness (QED) is 0.898. The number of rotatable bonds is 2. The van der Waals surface area contributed by atoms with Crippen molar-refractivity contribution >= 4 is 0 Å². The van der Waals surface area contributed by atoms with Gasteiger partial charge < -0.3 is 14.8 Å². The van der Waals surface area contributed by atoms with Gasteiger partial charge in [0.15, 0.2) is 0 Å². The van der Waals surface area contributed by atoms with Crippen LogP contribution in [0.25, 0.3) is 0 Å². The van der Waals surface area contributed by atoms with Crippen molar-refractivity contribution in [3.63, 3.8) is 0 Å². The number of fused-ring (bicyclic) bond motifs is 1. The Morgan fingerprint density at radius 1 is 1.30 bits per heavy atom. The summed E-state index contributed by atoms with van der Waals surface area (Å²) in [5, 5.41) is 3.43. The second kappa shape index (κ2) is 5.38. The number of benzene rings is 1. The van der Waals surface area contributed by atoms with Crippen LogP contribution in [0.5, 0.6) is 5.75 Å². The molecule has 0 bridgehead atoms. The van der Waals surface area contributed by atoms with Crippen LogP contribution in [0.4, 0.5) is 0 Å². The second-order valence-corrected chi connectivity index (χ2v) is 6.18. The van der Waals surface area contributed by atoms with Crippen LogP contribution in [0.2, 0.25) is 0 Å². The molecular formula is C17H25NO2. The molecule has 2 heterocycles. The van der Waals surface area contributed by atoms with E-state index in [1.807, 2.05) is 0 Å². The molecule has 1 atom stereocenters. The van der Waals surface area contributed by atoms with Crippen molar-refractivity contribution in [2.45, 2.75) is 51.7 Å². The minimum atomic E-state index is -0.0294. The molecule has 0 amide bonds. The van der Waals surface area contributed by atoms with Gasteiger partial charge in [-0.05, 0) is 63.9 Å². The number of hydrogen-bond donors (Lipinski definition) is 1. The van der Waals surface area contributed by atoms with Gasteiger partial charge >= 0.3 is 0 Å². The number of ether oxygens (including phenoxy) is 2. The Kier molecular flexibility index (Phi) is 3.74. The summed E-state index contributed by atoms with van der Waals surface area (Å²) in [4.78, 5) is 0. The first kappa shape index (κ1) is 13.9. The Morgan fingerprint density at radius 2 is 2.05 bits per heavy atom. The van der Waals surface area contributed by atoms with Crippen molar-refractivity contribution in [3.05, 3.63) is 28.8 Å². The highest BCUT2D eigenvalue weighted by Gasteiger charge is 2.42. The molecular weight excluding hydrogens is 250 g/mol. The third kappa shape index (κ3) is 2.45. The van der Waals surface area contributed by atoms with E-state index >= 15 is 0 Å². The summed E-state index contributed by atoms with van der Waals surface area (Å²) < 4.78 is 12.5. The average Bonchev–Trinajstić information content (AvgIpc) is 2.38. The predicted octanol–water partition coefficient (Wildman–Crippen LogP) is 3.29. The molecule has 20 heavy (non-hydrogen) atoms. The maximum Gasteiger partial charge on any atom is 0.126 e. The molecule has 0 saturated carbocycles. The van der Waals surface area contributed by atoms with Crippen LogP contribution in [0.1, 0.15) is 49.0 Å². The van der Waals surface area contributed by atoms with Gasteiger partial charge in [0.2, 0.25) is 0 Å². The Labute approximate surface area is 121 Å². The molecule has 1 aromatic carbocycles. The maximum atomic E-state index is 6.48. The van der Waals surface area contributed by atoms with E-state index in [2.05, 4.69) is 38.2 Å². The first-order valence-corrected chi connectivity index (χ1v) is 7.76. The van der Waals surface area contributed by atoms with Crippen molar-refractivity contribution in [1.29, 1.82) is 0 Å². The van der Waals surface area contributed by atoms with E-state index in [1.165, 1.54) is 16.7 Å². The second-order valence-electron chi connectivity index (χ2n) is 6.18. The van der Waals surface area contributed by atoms with E-state index in [-0.39, 0.29) is 11.7 Å². The lowest BCUT2D eigenvalue weighted by molar-refractivity contribution is -0.0593. The zero-order valence-electron chi connectivity index (χ0n) is 12.8. The molecule has 2 aliphatic heterocycles. The molecule has 1 N–H and O–H groups in total. The highest BCUT2D eigenvalue weighted by atomic mass is 16.5. The standard InChI is InChI=1S/C17H25NO2/c1-4-19-15-11-17(5-7-18-8-6-17)20-14-10-12(2)9-13(3)16(14)15/h9-10,15,18H,4-8,11H2,1-3H3. The molecule has 0 radical (unpaired) electrons. The van der Waals surface area contributed by atoms with Gasteiger partial charge in [0.1, 0.15) is 11.4 Å². The highest BCUT2D eigenvalue weighted by Crippen LogP contribution is 2.46. The van der Waals surface area contributed by atoms with E-state index in [1.54, 1.807) is 0 Å². The number of piperidine rings is 1. The van der Waals surface area contributed by atoms with Crippen LogP contribution >= 0.6 is 0 Å². The Morgan fingerprint density at radius 3 is 2.75 bits per heavy atom. The van der Waals surface area contributed by atoms with Crippen LogP contribution in [-0.2, 0) is 4.74 Å². The van der Waals surface area contributed by atoms with Gasteiger partial charge in [0.25, 0.3) is 0 Å². The SMILES string of the molecule is CCOC1CC2(CCNCC2)Oc2cc(C)cc(C)c21. The number of hydrogen-bond acceptors (Lipinski definition) is 3. The normalized spacial score (nSPS) is 24.2. The molecule has 0 aromatic heterocycles. The summed E-state index contributed by atoms with van der Waals surface area (Å²) in [5.41, 5.74) is 3.80. The molecule has 3 heteroatoms. The Bertz CT molecular complexity index is 492. The van der Waals surface area contributed by atoms with Crippen molar-refractivity contribution in [3.8, 4) is 5.75 Å². The molecule has 1 fully saturated rings. The van der Waals surface area contributed by atoms with Gasteiger partial charge in [0.05, 0.1) is 6.10 Å². The van der Waals surface area contributed by atoms with Crippen LogP contribution in [0, 0.1) is 13.8 Å². The van der Waals surface area contributed by atoms with E-state index < -0.39 is 0 Å².